The van der Waals surface area contributed by atoms with E-state index in [-0.39, 0.29) is 0 Å². The first kappa shape index (κ1) is 11.4. The number of piperidine rings is 1. The molecule has 1 saturated heterocycles. The first-order chi connectivity index (χ1) is 6.08. The minimum Gasteiger partial charge on any atom is -0.313 e. The fourth-order valence-corrected chi connectivity index (χ4v) is 2.87. The molecule has 0 aliphatic carbocycles. The molecule has 1 unspecified atom stereocenters. The Hall–Kier alpha value is 0.310. The van der Waals surface area contributed by atoms with Gasteiger partial charge in [-0.05, 0) is 30.6 Å². The van der Waals surface area contributed by atoms with Crippen LogP contribution in [0.15, 0.2) is 0 Å². The molecule has 0 bridgehead atoms. The Morgan fingerprint density at radius 3 is 2.62 bits per heavy atom. The molecule has 1 heterocycles. The van der Waals surface area contributed by atoms with Crippen LogP contribution in [-0.4, -0.2) is 24.1 Å². The van der Waals surface area contributed by atoms with Gasteiger partial charge < -0.3 is 5.32 Å². The van der Waals surface area contributed by atoms with E-state index in [1.165, 1.54) is 37.3 Å². The van der Waals surface area contributed by atoms with Crippen molar-refractivity contribution in [3.05, 3.63) is 0 Å². The van der Waals surface area contributed by atoms with Gasteiger partial charge >= 0.3 is 0 Å². The van der Waals surface area contributed by atoms with E-state index in [0.717, 1.165) is 6.04 Å². The van der Waals surface area contributed by atoms with Gasteiger partial charge in [0.2, 0.25) is 0 Å². The quantitative estimate of drug-likeness (QED) is 0.753. The van der Waals surface area contributed by atoms with Crippen LogP contribution < -0.4 is 5.32 Å². The van der Waals surface area contributed by atoms with E-state index in [4.69, 9.17) is 0 Å². The minimum atomic E-state index is 0.485. The summed E-state index contributed by atoms with van der Waals surface area (Å²) in [5, 5.41) is 3.58. The number of rotatable bonds is 3. The van der Waals surface area contributed by atoms with Gasteiger partial charge in [-0.2, -0.15) is 11.8 Å². The van der Waals surface area contributed by atoms with Crippen LogP contribution in [0.25, 0.3) is 0 Å². The lowest BCUT2D eigenvalue weighted by atomic mass is 10.0. The van der Waals surface area contributed by atoms with Crippen LogP contribution in [0.5, 0.6) is 0 Å². The number of thioether (sulfide) groups is 1. The van der Waals surface area contributed by atoms with E-state index in [9.17, 15) is 0 Å². The van der Waals surface area contributed by atoms with Gasteiger partial charge in [-0.3, -0.25) is 0 Å². The van der Waals surface area contributed by atoms with Crippen LogP contribution in [0.3, 0.4) is 0 Å². The second-order valence-electron chi connectivity index (χ2n) is 5.22. The van der Waals surface area contributed by atoms with Gasteiger partial charge in [-0.15, -0.1) is 0 Å². The fourth-order valence-electron chi connectivity index (χ4n) is 1.57. The Bertz CT molecular complexity index is 134. The van der Waals surface area contributed by atoms with Crippen LogP contribution in [0.1, 0.15) is 40.0 Å². The van der Waals surface area contributed by atoms with Gasteiger partial charge in [0.1, 0.15) is 0 Å². The first-order valence-electron chi connectivity index (χ1n) is 5.39. The summed E-state index contributed by atoms with van der Waals surface area (Å²) in [6.45, 7) is 8.18. The highest BCUT2D eigenvalue weighted by Gasteiger charge is 2.15. The van der Waals surface area contributed by atoms with Gasteiger partial charge in [-0.25, -0.2) is 0 Å². The molecule has 1 aliphatic heterocycles. The van der Waals surface area contributed by atoms with Crippen molar-refractivity contribution in [3.63, 3.8) is 0 Å². The molecular weight excluding hydrogens is 178 g/mol. The molecule has 1 N–H and O–H groups in total. The largest absolute Gasteiger partial charge is 0.313 e. The van der Waals surface area contributed by atoms with Crippen molar-refractivity contribution >= 4 is 11.8 Å². The van der Waals surface area contributed by atoms with Gasteiger partial charge in [0, 0.05) is 11.8 Å². The van der Waals surface area contributed by atoms with Gasteiger partial charge in [0.15, 0.2) is 0 Å². The summed E-state index contributed by atoms with van der Waals surface area (Å²) in [5.74, 6) is 2.59. The Balaban J connectivity index is 2.04. The van der Waals surface area contributed by atoms with Crippen LogP contribution in [-0.2, 0) is 0 Å². The summed E-state index contributed by atoms with van der Waals surface area (Å²) in [4.78, 5) is 0. The maximum absolute atomic E-state index is 3.58. The van der Waals surface area contributed by atoms with Crippen molar-refractivity contribution in [2.45, 2.75) is 46.1 Å². The molecule has 1 aliphatic rings. The third-order valence-electron chi connectivity index (χ3n) is 2.27. The molecule has 1 atom stereocenters. The summed E-state index contributed by atoms with van der Waals surface area (Å²) in [6.07, 6.45) is 4.19. The average molecular weight is 201 g/mol. The molecule has 2 heteroatoms. The number of hydrogen-bond acceptors (Lipinski definition) is 2. The number of hydrogen-bond donors (Lipinski definition) is 1. The Kier molecular flexibility index (Phi) is 4.60. The SMILES string of the molecule is CC(C)(C)CSCC1CCCCN1. The molecule has 78 valence electrons. The topological polar surface area (TPSA) is 12.0 Å². The molecule has 0 amide bonds. The highest BCUT2D eigenvalue weighted by molar-refractivity contribution is 7.99. The van der Waals surface area contributed by atoms with E-state index in [2.05, 4.69) is 37.8 Å². The summed E-state index contributed by atoms with van der Waals surface area (Å²) < 4.78 is 0. The maximum atomic E-state index is 3.58. The van der Waals surface area contributed by atoms with E-state index in [0.29, 0.717) is 5.41 Å². The monoisotopic (exact) mass is 201 g/mol. The summed E-state index contributed by atoms with van der Waals surface area (Å²) in [5.41, 5.74) is 0.485. The van der Waals surface area contributed by atoms with Crippen molar-refractivity contribution in [3.8, 4) is 0 Å². The van der Waals surface area contributed by atoms with Crippen LogP contribution in [0, 0.1) is 5.41 Å². The second kappa shape index (κ2) is 5.26. The summed E-state index contributed by atoms with van der Waals surface area (Å²) in [7, 11) is 0. The fraction of sp³-hybridized carbons (Fsp3) is 1.00. The van der Waals surface area contributed by atoms with E-state index in [1.54, 1.807) is 0 Å². The highest BCUT2D eigenvalue weighted by atomic mass is 32.2. The molecule has 1 rings (SSSR count). The third-order valence-corrected chi connectivity index (χ3v) is 3.97. The standard InChI is InChI=1S/C11H23NS/c1-11(2,3)9-13-8-10-6-4-5-7-12-10/h10,12H,4-9H2,1-3H3. The smallest absolute Gasteiger partial charge is 0.0158 e. The molecular formula is C11H23NS. The van der Waals surface area contributed by atoms with E-state index >= 15 is 0 Å². The Morgan fingerprint density at radius 1 is 1.31 bits per heavy atom. The van der Waals surface area contributed by atoms with Crippen molar-refractivity contribution < 1.29 is 0 Å². The molecule has 0 spiro atoms. The van der Waals surface area contributed by atoms with Crippen LogP contribution in [0.2, 0.25) is 0 Å². The zero-order chi connectivity index (χ0) is 9.73. The highest BCUT2D eigenvalue weighted by Crippen LogP contribution is 2.22. The Labute approximate surface area is 87.1 Å². The predicted molar refractivity (Wildman–Crippen MR) is 62.4 cm³/mol. The van der Waals surface area contributed by atoms with Gasteiger partial charge in [-0.1, -0.05) is 27.2 Å². The lowest BCUT2D eigenvalue weighted by Crippen LogP contribution is -2.36. The second-order valence-corrected chi connectivity index (χ2v) is 6.25. The lowest BCUT2D eigenvalue weighted by molar-refractivity contribution is 0.428. The first-order valence-corrected chi connectivity index (χ1v) is 6.54. The molecule has 0 radical (unpaired) electrons. The van der Waals surface area contributed by atoms with Crippen molar-refractivity contribution in [1.29, 1.82) is 0 Å². The predicted octanol–water partition coefficient (Wildman–Crippen LogP) is 2.91. The van der Waals surface area contributed by atoms with E-state index < -0.39 is 0 Å². The summed E-state index contributed by atoms with van der Waals surface area (Å²) in [6, 6.07) is 0.793. The lowest BCUT2D eigenvalue weighted by Gasteiger charge is -2.25. The zero-order valence-electron chi connectivity index (χ0n) is 9.23. The zero-order valence-corrected chi connectivity index (χ0v) is 10.0. The van der Waals surface area contributed by atoms with Crippen LogP contribution >= 0.6 is 11.8 Å². The maximum Gasteiger partial charge on any atom is 0.0158 e. The Morgan fingerprint density at radius 2 is 2.08 bits per heavy atom. The molecule has 1 fully saturated rings. The average Bonchev–Trinajstić information content (AvgIpc) is 2.04. The molecule has 0 aromatic heterocycles. The minimum absolute atomic E-state index is 0.485. The molecule has 0 aromatic rings. The van der Waals surface area contributed by atoms with Crippen molar-refractivity contribution in [1.82, 2.24) is 5.32 Å². The normalized spacial score (nSPS) is 24.7. The third kappa shape index (κ3) is 5.58. The van der Waals surface area contributed by atoms with Gasteiger partial charge in [0.25, 0.3) is 0 Å². The number of nitrogens with one attached hydrogen (secondary N) is 1. The molecule has 0 aromatic carbocycles. The molecule has 0 saturated carbocycles. The van der Waals surface area contributed by atoms with Crippen molar-refractivity contribution in [2.75, 3.05) is 18.1 Å². The summed E-state index contributed by atoms with van der Waals surface area (Å²) >= 11 is 2.10. The molecule has 1 nitrogen and oxygen atoms in total. The molecule has 13 heavy (non-hydrogen) atoms. The van der Waals surface area contributed by atoms with Gasteiger partial charge in [0.05, 0.1) is 0 Å². The van der Waals surface area contributed by atoms with Crippen molar-refractivity contribution in [2.24, 2.45) is 5.41 Å². The van der Waals surface area contributed by atoms with Crippen LogP contribution in [0.4, 0.5) is 0 Å². The van der Waals surface area contributed by atoms with E-state index in [1.807, 2.05) is 0 Å².